The van der Waals surface area contributed by atoms with Crippen LogP contribution in [0.25, 0.3) is 11.1 Å². The number of benzene rings is 2. The molecule has 0 spiro atoms. The van der Waals surface area contributed by atoms with Crippen LogP contribution in [0.5, 0.6) is 5.75 Å². The van der Waals surface area contributed by atoms with Crippen molar-refractivity contribution < 1.29 is 19.1 Å². The molecule has 0 bridgehead atoms. The summed E-state index contributed by atoms with van der Waals surface area (Å²) in [4.78, 5) is 24.5. The molecular formula is C24H25NO4. The molecule has 1 aliphatic heterocycles. The molecule has 1 unspecified atom stereocenters. The quantitative estimate of drug-likeness (QED) is 0.783. The molecule has 2 aromatic carbocycles. The summed E-state index contributed by atoms with van der Waals surface area (Å²) in [5, 5.41) is 3.01. The van der Waals surface area contributed by atoms with Crippen LogP contribution in [0.4, 0.5) is 0 Å². The predicted octanol–water partition coefficient (Wildman–Crippen LogP) is 3.98. The Kier molecular flexibility index (Phi) is 5.38. The Morgan fingerprint density at radius 3 is 2.79 bits per heavy atom. The first kappa shape index (κ1) is 19.2. The summed E-state index contributed by atoms with van der Waals surface area (Å²) in [7, 11) is 1.38. The first-order valence-electron chi connectivity index (χ1n) is 10.0. The Bertz CT molecular complexity index is 992. The number of fused-ring (bicyclic) bond motifs is 1. The minimum Gasteiger partial charge on any atom is -0.487 e. The lowest BCUT2D eigenvalue weighted by Gasteiger charge is -2.15. The normalized spacial score (nSPS) is 17.3. The van der Waals surface area contributed by atoms with Crippen molar-refractivity contribution in [3.63, 3.8) is 0 Å². The molecule has 1 N–H and O–H groups in total. The summed E-state index contributed by atoms with van der Waals surface area (Å²) in [6.45, 7) is 2.49. The third-order valence-corrected chi connectivity index (χ3v) is 5.49. The van der Waals surface area contributed by atoms with Gasteiger partial charge in [0.2, 0.25) is 5.91 Å². The third kappa shape index (κ3) is 3.90. The lowest BCUT2D eigenvalue weighted by Crippen LogP contribution is -2.35. The second kappa shape index (κ2) is 8.11. The van der Waals surface area contributed by atoms with E-state index in [1.54, 1.807) is 6.07 Å². The summed E-state index contributed by atoms with van der Waals surface area (Å²) in [6.07, 6.45) is 5.51. The van der Waals surface area contributed by atoms with Crippen LogP contribution < -0.4 is 10.1 Å². The van der Waals surface area contributed by atoms with Crippen LogP contribution in [0.3, 0.4) is 0 Å². The standard InChI is InChI=1S/C24H25NO4/c1-15-11-17-13-18(14-25-23(26)16-7-3-4-8-16)29-22(17)21(12-15)19-9-5-6-10-20(19)24(27)28-2/h5-7,9-12,18H,3-4,8,13-14H2,1-2H3,(H,25,26). The monoisotopic (exact) mass is 391 g/mol. The number of aryl methyl sites for hydroxylation is 1. The first-order valence-corrected chi connectivity index (χ1v) is 10.0. The molecule has 29 heavy (non-hydrogen) atoms. The Hall–Kier alpha value is -3.08. The maximum atomic E-state index is 12.3. The van der Waals surface area contributed by atoms with Gasteiger partial charge in [0.25, 0.3) is 0 Å². The van der Waals surface area contributed by atoms with Gasteiger partial charge < -0.3 is 14.8 Å². The van der Waals surface area contributed by atoms with Gasteiger partial charge in [0, 0.05) is 17.6 Å². The number of allylic oxidation sites excluding steroid dienone is 1. The molecule has 0 saturated heterocycles. The maximum Gasteiger partial charge on any atom is 0.338 e. The number of carbonyl (C=O) groups is 2. The SMILES string of the molecule is COC(=O)c1ccccc1-c1cc(C)cc2c1OC(CNC(=O)C1=CCCC1)C2. The number of ether oxygens (including phenoxy) is 2. The second-order valence-corrected chi connectivity index (χ2v) is 7.61. The van der Waals surface area contributed by atoms with E-state index in [0.717, 1.165) is 59.3 Å². The van der Waals surface area contributed by atoms with Crippen molar-refractivity contribution in [3.05, 3.63) is 64.7 Å². The highest BCUT2D eigenvalue weighted by Crippen LogP contribution is 2.41. The topological polar surface area (TPSA) is 64.6 Å². The summed E-state index contributed by atoms with van der Waals surface area (Å²) in [5.41, 5.74) is 5.26. The van der Waals surface area contributed by atoms with Gasteiger partial charge in [-0.2, -0.15) is 0 Å². The fraction of sp³-hybridized carbons (Fsp3) is 0.333. The summed E-state index contributed by atoms with van der Waals surface area (Å²) in [6, 6.07) is 11.5. The summed E-state index contributed by atoms with van der Waals surface area (Å²) >= 11 is 0. The number of hydrogen-bond donors (Lipinski definition) is 1. The Labute approximate surface area is 170 Å². The molecule has 0 saturated carbocycles. The molecule has 0 aromatic heterocycles. The Balaban J connectivity index is 1.58. The van der Waals surface area contributed by atoms with Crippen molar-refractivity contribution in [2.45, 2.75) is 38.7 Å². The number of rotatable bonds is 5. The molecule has 5 nitrogen and oxygen atoms in total. The minimum absolute atomic E-state index is 0.00879. The predicted molar refractivity (Wildman–Crippen MR) is 111 cm³/mol. The van der Waals surface area contributed by atoms with Crippen LogP contribution in [0.2, 0.25) is 0 Å². The van der Waals surface area contributed by atoms with E-state index in [-0.39, 0.29) is 18.0 Å². The number of nitrogens with one attached hydrogen (secondary N) is 1. The number of esters is 1. The fourth-order valence-electron chi connectivity index (χ4n) is 4.11. The van der Waals surface area contributed by atoms with Gasteiger partial charge in [-0.3, -0.25) is 4.79 Å². The van der Waals surface area contributed by atoms with E-state index in [1.165, 1.54) is 7.11 Å². The summed E-state index contributed by atoms with van der Waals surface area (Å²) in [5.74, 6) is 0.420. The number of hydrogen-bond acceptors (Lipinski definition) is 4. The van der Waals surface area contributed by atoms with Crippen LogP contribution >= 0.6 is 0 Å². The van der Waals surface area contributed by atoms with Gasteiger partial charge in [0.1, 0.15) is 11.9 Å². The molecule has 0 radical (unpaired) electrons. The van der Waals surface area contributed by atoms with Gasteiger partial charge in [0.05, 0.1) is 19.2 Å². The van der Waals surface area contributed by atoms with Gasteiger partial charge in [-0.25, -0.2) is 4.79 Å². The van der Waals surface area contributed by atoms with E-state index in [9.17, 15) is 9.59 Å². The van der Waals surface area contributed by atoms with Crippen molar-refractivity contribution >= 4 is 11.9 Å². The largest absolute Gasteiger partial charge is 0.487 e. The van der Waals surface area contributed by atoms with Crippen LogP contribution in [0, 0.1) is 6.92 Å². The van der Waals surface area contributed by atoms with Crippen molar-refractivity contribution in [2.75, 3.05) is 13.7 Å². The van der Waals surface area contributed by atoms with Crippen LogP contribution in [-0.2, 0) is 16.0 Å². The molecule has 0 fully saturated rings. The lowest BCUT2D eigenvalue weighted by atomic mass is 9.94. The Morgan fingerprint density at radius 1 is 1.21 bits per heavy atom. The second-order valence-electron chi connectivity index (χ2n) is 7.61. The first-order chi connectivity index (χ1) is 14.1. The van der Waals surface area contributed by atoms with E-state index >= 15 is 0 Å². The molecule has 150 valence electrons. The number of carbonyl (C=O) groups excluding carboxylic acids is 2. The molecule has 5 heteroatoms. The van der Waals surface area contributed by atoms with Crippen molar-refractivity contribution in [2.24, 2.45) is 0 Å². The average molecular weight is 391 g/mol. The van der Waals surface area contributed by atoms with Crippen molar-refractivity contribution in [1.29, 1.82) is 0 Å². The maximum absolute atomic E-state index is 12.3. The molecule has 2 aliphatic rings. The van der Waals surface area contributed by atoms with Crippen LogP contribution in [-0.4, -0.2) is 31.6 Å². The highest BCUT2D eigenvalue weighted by atomic mass is 16.5. The van der Waals surface area contributed by atoms with E-state index in [0.29, 0.717) is 12.1 Å². The molecule has 2 aromatic rings. The van der Waals surface area contributed by atoms with Crippen molar-refractivity contribution in [1.82, 2.24) is 5.32 Å². The zero-order valence-electron chi connectivity index (χ0n) is 16.8. The zero-order chi connectivity index (χ0) is 20.4. The van der Waals surface area contributed by atoms with Gasteiger partial charge in [-0.1, -0.05) is 30.3 Å². The van der Waals surface area contributed by atoms with Crippen LogP contribution in [0.15, 0.2) is 48.0 Å². The van der Waals surface area contributed by atoms with Crippen LogP contribution in [0.1, 0.15) is 40.7 Å². The van der Waals surface area contributed by atoms with Gasteiger partial charge in [-0.05, 0) is 55.0 Å². The fourth-order valence-corrected chi connectivity index (χ4v) is 4.11. The molecular weight excluding hydrogens is 366 g/mol. The van der Waals surface area contributed by atoms with E-state index in [1.807, 2.05) is 37.3 Å². The third-order valence-electron chi connectivity index (χ3n) is 5.49. The van der Waals surface area contributed by atoms with E-state index in [2.05, 4.69) is 11.4 Å². The minimum atomic E-state index is -0.373. The molecule has 4 rings (SSSR count). The van der Waals surface area contributed by atoms with Gasteiger partial charge >= 0.3 is 5.97 Å². The smallest absolute Gasteiger partial charge is 0.338 e. The molecule has 1 heterocycles. The average Bonchev–Trinajstić information content (AvgIpc) is 3.40. The zero-order valence-corrected chi connectivity index (χ0v) is 16.8. The number of methoxy groups -OCH3 is 1. The molecule has 1 aliphatic carbocycles. The van der Waals surface area contributed by atoms with Gasteiger partial charge in [0.15, 0.2) is 0 Å². The molecule has 1 atom stereocenters. The van der Waals surface area contributed by atoms with E-state index < -0.39 is 0 Å². The lowest BCUT2D eigenvalue weighted by molar-refractivity contribution is -0.117. The summed E-state index contributed by atoms with van der Waals surface area (Å²) < 4.78 is 11.2. The number of amides is 1. The Morgan fingerprint density at radius 2 is 2.03 bits per heavy atom. The van der Waals surface area contributed by atoms with Gasteiger partial charge in [-0.15, -0.1) is 0 Å². The van der Waals surface area contributed by atoms with Crippen molar-refractivity contribution in [3.8, 4) is 16.9 Å². The van der Waals surface area contributed by atoms with E-state index in [4.69, 9.17) is 9.47 Å². The highest BCUT2D eigenvalue weighted by Gasteiger charge is 2.28. The molecule has 1 amide bonds. The highest BCUT2D eigenvalue weighted by molar-refractivity contribution is 5.98.